The van der Waals surface area contributed by atoms with Crippen molar-refractivity contribution in [1.29, 1.82) is 0 Å². The molecule has 1 aromatic heterocycles. The highest BCUT2D eigenvalue weighted by Crippen LogP contribution is 2.17. The summed E-state index contributed by atoms with van der Waals surface area (Å²) in [5.41, 5.74) is 2.97. The second kappa shape index (κ2) is 8.97. The molecular formula is C19H27N5S. The van der Waals surface area contributed by atoms with Crippen LogP contribution in [0.25, 0.3) is 0 Å². The Hall–Kier alpha value is -1.92. The van der Waals surface area contributed by atoms with Crippen molar-refractivity contribution in [1.82, 2.24) is 20.5 Å². The Balaban J connectivity index is 1.47. The second-order valence-electron chi connectivity index (χ2n) is 6.28. The lowest BCUT2D eigenvalue weighted by atomic mass is 10.00. The van der Waals surface area contributed by atoms with Gasteiger partial charge in [-0.3, -0.25) is 4.90 Å². The quantitative estimate of drug-likeness (QED) is 0.616. The van der Waals surface area contributed by atoms with Crippen LogP contribution in [0.15, 0.2) is 35.5 Å². The summed E-state index contributed by atoms with van der Waals surface area (Å²) < 4.78 is 0. The first kappa shape index (κ1) is 17.9. The number of hydrogen-bond donors (Lipinski definition) is 2. The molecule has 1 aliphatic heterocycles. The Kier molecular flexibility index (Phi) is 6.42. The lowest BCUT2D eigenvalue weighted by molar-refractivity contribution is 0.258. The van der Waals surface area contributed by atoms with Crippen molar-refractivity contribution in [3.63, 3.8) is 0 Å². The summed E-state index contributed by atoms with van der Waals surface area (Å²) in [5.74, 6) is 0.868. The first-order chi connectivity index (χ1) is 12.2. The normalized spacial score (nSPS) is 15.0. The Morgan fingerprint density at radius 3 is 2.88 bits per heavy atom. The summed E-state index contributed by atoms with van der Waals surface area (Å²) in [4.78, 5) is 12.7. The molecule has 0 unspecified atom stereocenters. The van der Waals surface area contributed by atoms with Gasteiger partial charge < -0.3 is 10.6 Å². The molecule has 0 radical (unpaired) electrons. The molecule has 0 saturated carbocycles. The Morgan fingerprint density at radius 2 is 2.12 bits per heavy atom. The van der Waals surface area contributed by atoms with Crippen LogP contribution >= 0.6 is 11.3 Å². The van der Waals surface area contributed by atoms with Gasteiger partial charge in [-0.05, 0) is 31.4 Å². The number of hydrogen-bond acceptors (Lipinski definition) is 4. The summed E-state index contributed by atoms with van der Waals surface area (Å²) in [6, 6.07) is 8.77. The largest absolute Gasteiger partial charge is 0.357 e. The molecule has 1 aromatic carbocycles. The van der Waals surface area contributed by atoms with Crippen molar-refractivity contribution < 1.29 is 0 Å². The summed E-state index contributed by atoms with van der Waals surface area (Å²) in [6.45, 7) is 9.75. The highest BCUT2D eigenvalue weighted by molar-refractivity contribution is 7.11. The molecular weight excluding hydrogens is 330 g/mol. The molecule has 5 nitrogen and oxygen atoms in total. The van der Waals surface area contributed by atoms with Gasteiger partial charge in [0.25, 0.3) is 0 Å². The fraction of sp³-hybridized carbons (Fsp3) is 0.474. The van der Waals surface area contributed by atoms with Gasteiger partial charge in [-0.25, -0.2) is 9.98 Å². The maximum atomic E-state index is 4.64. The summed E-state index contributed by atoms with van der Waals surface area (Å²) in [7, 11) is 0. The van der Waals surface area contributed by atoms with E-state index in [1.165, 1.54) is 16.0 Å². The van der Waals surface area contributed by atoms with E-state index >= 15 is 0 Å². The lowest BCUT2D eigenvalue weighted by Crippen LogP contribution is -2.42. The van der Waals surface area contributed by atoms with Crippen molar-refractivity contribution in [2.45, 2.75) is 33.4 Å². The molecule has 2 N–H and O–H groups in total. The standard InChI is InChI=1S/C19H27N5S/c1-3-20-19(23-13-18-22-12-15(2)25-18)21-9-11-24-10-8-16-6-4-5-7-17(16)14-24/h4-7,12H,3,8-11,13-14H2,1-2H3,(H2,20,21,23). The van der Waals surface area contributed by atoms with Crippen LogP contribution in [-0.4, -0.2) is 42.0 Å². The predicted molar refractivity (Wildman–Crippen MR) is 105 cm³/mol. The molecule has 25 heavy (non-hydrogen) atoms. The van der Waals surface area contributed by atoms with Crippen LogP contribution in [0.4, 0.5) is 0 Å². The Labute approximate surface area is 154 Å². The van der Waals surface area contributed by atoms with Crippen LogP contribution in [-0.2, 0) is 19.5 Å². The highest BCUT2D eigenvalue weighted by atomic mass is 32.1. The molecule has 0 aliphatic carbocycles. The Bertz CT molecular complexity index is 709. The molecule has 6 heteroatoms. The zero-order chi connectivity index (χ0) is 17.5. The van der Waals surface area contributed by atoms with Gasteiger partial charge in [0.15, 0.2) is 5.96 Å². The zero-order valence-corrected chi connectivity index (χ0v) is 15.9. The number of guanidine groups is 1. The van der Waals surface area contributed by atoms with E-state index in [9.17, 15) is 0 Å². The third-order valence-corrected chi connectivity index (χ3v) is 5.21. The van der Waals surface area contributed by atoms with E-state index in [0.717, 1.165) is 50.1 Å². The third kappa shape index (κ3) is 5.28. The fourth-order valence-electron chi connectivity index (χ4n) is 3.04. The summed E-state index contributed by atoms with van der Waals surface area (Å²) in [5, 5.41) is 7.81. The van der Waals surface area contributed by atoms with Crippen molar-refractivity contribution >= 4 is 17.3 Å². The van der Waals surface area contributed by atoms with E-state index in [4.69, 9.17) is 0 Å². The first-order valence-electron chi connectivity index (χ1n) is 8.97. The smallest absolute Gasteiger partial charge is 0.191 e. The zero-order valence-electron chi connectivity index (χ0n) is 15.1. The number of aryl methyl sites for hydroxylation is 1. The molecule has 0 saturated heterocycles. The van der Waals surface area contributed by atoms with E-state index in [2.05, 4.69) is 63.6 Å². The van der Waals surface area contributed by atoms with Gasteiger partial charge in [0.2, 0.25) is 0 Å². The van der Waals surface area contributed by atoms with Crippen molar-refractivity contribution in [3.05, 3.63) is 51.5 Å². The van der Waals surface area contributed by atoms with E-state index in [1.807, 2.05) is 6.20 Å². The monoisotopic (exact) mass is 357 g/mol. The van der Waals surface area contributed by atoms with Gasteiger partial charge in [0.05, 0.1) is 6.54 Å². The molecule has 2 aromatic rings. The number of aliphatic imine (C=N–C) groups is 1. The van der Waals surface area contributed by atoms with Gasteiger partial charge in [-0.1, -0.05) is 24.3 Å². The van der Waals surface area contributed by atoms with Gasteiger partial charge in [0, 0.05) is 43.8 Å². The Morgan fingerprint density at radius 1 is 1.28 bits per heavy atom. The number of nitrogens with one attached hydrogen (secondary N) is 2. The van der Waals surface area contributed by atoms with E-state index in [1.54, 1.807) is 11.3 Å². The van der Waals surface area contributed by atoms with Crippen LogP contribution in [0, 0.1) is 6.92 Å². The number of fused-ring (bicyclic) bond motifs is 1. The third-order valence-electron chi connectivity index (χ3n) is 4.32. The number of nitrogens with zero attached hydrogens (tertiary/aromatic N) is 3. The minimum atomic E-state index is 0.630. The van der Waals surface area contributed by atoms with E-state index < -0.39 is 0 Å². The van der Waals surface area contributed by atoms with E-state index in [-0.39, 0.29) is 0 Å². The number of aromatic nitrogens is 1. The maximum absolute atomic E-state index is 4.64. The van der Waals surface area contributed by atoms with Gasteiger partial charge >= 0.3 is 0 Å². The molecule has 0 atom stereocenters. The number of rotatable bonds is 6. The van der Waals surface area contributed by atoms with Crippen LogP contribution in [0.1, 0.15) is 27.9 Å². The molecule has 0 bridgehead atoms. The highest BCUT2D eigenvalue weighted by Gasteiger charge is 2.15. The van der Waals surface area contributed by atoms with Crippen molar-refractivity contribution in [2.75, 3.05) is 26.2 Å². The molecule has 3 rings (SSSR count). The van der Waals surface area contributed by atoms with Crippen LogP contribution in [0.3, 0.4) is 0 Å². The molecule has 0 amide bonds. The topological polar surface area (TPSA) is 52.6 Å². The van der Waals surface area contributed by atoms with E-state index in [0.29, 0.717) is 6.54 Å². The van der Waals surface area contributed by atoms with Gasteiger partial charge in [-0.2, -0.15) is 0 Å². The molecule has 0 fully saturated rings. The minimum Gasteiger partial charge on any atom is -0.357 e. The van der Waals surface area contributed by atoms with Crippen molar-refractivity contribution in [2.24, 2.45) is 4.99 Å². The number of thiazole rings is 1. The van der Waals surface area contributed by atoms with Gasteiger partial charge in [0.1, 0.15) is 5.01 Å². The SMILES string of the molecule is CCNC(=NCc1ncc(C)s1)NCCN1CCc2ccccc2C1. The number of benzene rings is 1. The fourth-order valence-corrected chi connectivity index (χ4v) is 3.75. The second-order valence-corrected chi connectivity index (χ2v) is 7.60. The molecule has 2 heterocycles. The first-order valence-corrected chi connectivity index (χ1v) is 9.79. The molecule has 134 valence electrons. The maximum Gasteiger partial charge on any atom is 0.191 e. The minimum absolute atomic E-state index is 0.630. The molecule has 1 aliphatic rings. The average Bonchev–Trinajstić information content (AvgIpc) is 3.05. The van der Waals surface area contributed by atoms with Crippen molar-refractivity contribution in [3.8, 4) is 0 Å². The summed E-state index contributed by atoms with van der Waals surface area (Å²) in [6.07, 6.45) is 3.05. The predicted octanol–water partition coefficient (Wildman–Crippen LogP) is 2.56. The average molecular weight is 358 g/mol. The van der Waals surface area contributed by atoms with Crippen LogP contribution in [0.2, 0.25) is 0 Å². The molecule has 0 spiro atoms. The van der Waals surface area contributed by atoms with Crippen LogP contribution in [0.5, 0.6) is 0 Å². The van der Waals surface area contributed by atoms with Gasteiger partial charge in [-0.15, -0.1) is 11.3 Å². The lowest BCUT2D eigenvalue weighted by Gasteiger charge is -2.28. The van der Waals surface area contributed by atoms with Crippen LogP contribution < -0.4 is 10.6 Å². The summed E-state index contributed by atoms with van der Waals surface area (Å²) >= 11 is 1.71.